The van der Waals surface area contributed by atoms with Gasteiger partial charge in [0.25, 0.3) is 0 Å². The molecule has 0 amide bonds. The molecule has 102 valence electrons. The van der Waals surface area contributed by atoms with Gasteiger partial charge in [-0.2, -0.15) is 5.10 Å². The van der Waals surface area contributed by atoms with E-state index in [-0.39, 0.29) is 0 Å². The fourth-order valence-corrected chi connectivity index (χ4v) is 1.85. The molecule has 6 nitrogen and oxygen atoms in total. The minimum Gasteiger partial charge on any atom is -0.370 e. The first-order chi connectivity index (χ1) is 9.12. The van der Waals surface area contributed by atoms with Crippen LogP contribution in [0.25, 0.3) is 0 Å². The molecule has 0 aliphatic rings. The highest BCUT2D eigenvalue weighted by molar-refractivity contribution is 5.60. The smallest absolute Gasteiger partial charge is 0.136 e. The quantitative estimate of drug-likeness (QED) is 0.863. The first-order valence-electron chi connectivity index (χ1n) is 6.51. The maximum absolute atomic E-state index is 4.48. The van der Waals surface area contributed by atoms with Crippen molar-refractivity contribution in [1.29, 1.82) is 0 Å². The molecule has 0 saturated carbocycles. The summed E-state index contributed by atoms with van der Waals surface area (Å²) in [4.78, 5) is 8.91. The van der Waals surface area contributed by atoms with Crippen molar-refractivity contribution in [3.05, 3.63) is 23.8 Å². The molecule has 2 aromatic heterocycles. The lowest BCUT2D eigenvalue weighted by atomic mass is 10.3. The number of anilines is 3. The van der Waals surface area contributed by atoms with Gasteiger partial charge in [-0.3, -0.25) is 4.68 Å². The standard InChI is InChI=1S/C13H20N6/c1-5-11-16-12(14-6-2)7-13(17-11)15-10-8-19(4)18-9(10)3/h7-8H,5-6H2,1-4H3,(H2,14,15,16,17). The minimum absolute atomic E-state index is 0.791. The molecule has 0 aromatic carbocycles. The number of aromatic nitrogens is 4. The van der Waals surface area contributed by atoms with Crippen LogP contribution in [-0.2, 0) is 13.5 Å². The molecule has 2 aromatic rings. The average Bonchev–Trinajstić information content (AvgIpc) is 2.68. The van der Waals surface area contributed by atoms with Gasteiger partial charge in [-0.25, -0.2) is 9.97 Å². The maximum atomic E-state index is 4.48. The van der Waals surface area contributed by atoms with Gasteiger partial charge in [-0.05, 0) is 13.8 Å². The van der Waals surface area contributed by atoms with Crippen LogP contribution in [0.4, 0.5) is 17.3 Å². The van der Waals surface area contributed by atoms with E-state index in [1.165, 1.54) is 0 Å². The molecule has 2 rings (SSSR count). The number of nitrogens with one attached hydrogen (secondary N) is 2. The number of hydrogen-bond donors (Lipinski definition) is 2. The Balaban J connectivity index is 2.28. The first kappa shape index (κ1) is 13.3. The predicted octanol–water partition coefficient (Wildman–Crippen LogP) is 2.26. The Hall–Kier alpha value is -2.11. The number of nitrogens with zero attached hydrogens (tertiary/aromatic N) is 4. The van der Waals surface area contributed by atoms with Crippen molar-refractivity contribution >= 4 is 17.3 Å². The fourth-order valence-electron chi connectivity index (χ4n) is 1.85. The minimum atomic E-state index is 0.791. The van der Waals surface area contributed by atoms with E-state index in [2.05, 4.69) is 25.7 Å². The zero-order valence-electron chi connectivity index (χ0n) is 11.9. The largest absolute Gasteiger partial charge is 0.370 e. The van der Waals surface area contributed by atoms with Crippen LogP contribution in [0.2, 0.25) is 0 Å². The Morgan fingerprint density at radius 2 is 1.95 bits per heavy atom. The van der Waals surface area contributed by atoms with Crippen molar-refractivity contribution in [1.82, 2.24) is 19.7 Å². The van der Waals surface area contributed by atoms with Gasteiger partial charge in [0, 0.05) is 32.3 Å². The predicted molar refractivity (Wildman–Crippen MR) is 76.8 cm³/mol. The number of rotatable bonds is 5. The summed E-state index contributed by atoms with van der Waals surface area (Å²) in [6.45, 7) is 6.90. The van der Waals surface area contributed by atoms with E-state index in [1.54, 1.807) is 4.68 Å². The third-order valence-corrected chi connectivity index (χ3v) is 2.72. The number of aryl methyl sites for hydroxylation is 3. The number of hydrogen-bond acceptors (Lipinski definition) is 5. The van der Waals surface area contributed by atoms with Crippen LogP contribution in [0.15, 0.2) is 12.3 Å². The molecule has 0 spiro atoms. The van der Waals surface area contributed by atoms with E-state index in [0.29, 0.717) is 0 Å². The van der Waals surface area contributed by atoms with Gasteiger partial charge < -0.3 is 10.6 Å². The van der Waals surface area contributed by atoms with Crippen molar-refractivity contribution in [2.75, 3.05) is 17.2 Å². The molecule has 2 heterocycles. The van der Waals surface area contributed by atoms with Crippen molar-refractivity contribution in [3.63, 3.8) is 0 Å². The van der Waals surface area contributed by atoms with Gasteiger partial charge in [-0.1, -0.05) is 6.92 Å². The Morgan fingerprint density at radius 3 is 2.53 bits per heavy atom. The van der Waals surface area contributed by atoms with E-state index in [1.807, 2.05) is 40.1 Å². The van der Waals surface area contributed by atoms with Gasteiger partial charge in [0.05, 0.1) is 11.4 Å². The maximum Gasteiger partial charge on any atom is 0.136 e. The topological polar surface area (TPSA) is 67.7 Å². The molecule has 19 heavy (non-hydrogen) atoms. The van der Waals surface area contributed by atoms with E-state index in [9.17, 15) is 0 Å². The van der Waals surface area contributed by atoms with Crippen LogP contribution in [0.1, 0.15) is 25.4 Å². The second-order valence-electron chi connectivity index (χ2n) is 4.37. The average molecular weight is 260 g/mol. The van der Waals surface area contributed by atoms with E-state index >= 15 is 0 Å². The summed E-state index contributed by atoms with van der Waals surface area (Å²) < 4.78 is 1.78. The van der Waals surface area contributed by atoms with E-state index < -0.39 is 0 Å². The highest BCUT2D eigenvalue weighted by Crippen LogP contribution is 2.19. The van der Waals surface area contributed by atoms with Gasteiger partial charge in [-0.15, -0.1) is 0 Å². The van der Waals surface area contributed by atoms with Crippen molar-refractivity contribution in [3.8, 4) is 0 Å². The molecule has 0 saturated heterocycles. The summed E-state index contributed by atoms with van der Waals surface area (Å²) in [6, 6.07) is 1.91. The highest BCUT2D eigenvalue weighted by atomic mass is 15.3. The second-order valence-corrected chi connectivity index (χ2v) is 4.37. The summed E-state index contributed by atoms with van der Waals surface area (Å²) >= 11 is 0. The Morgan fingerprint density at radius 1 is 1.21 bits per heavy atom. The lowest BCUT2D eigenvalue weighted by Gasteiger charge is -2.09. The molecule has 0 aliphatic heterocycles. The summed E-state index contributed by atoms with van der Waals surface area (Å²) in [6.07, 6.45) is 2.75. The zero-order valence-corrected chi connectivity index (χ0v) is 11.9. The van der Waals surface area contributed by atoms with Crippen LogP contribution in [0.3, 0.4) is 0 Å². The molecule has 0 aliphatic carbocycles. The monoisotopic (exact) mass is 260 g/mol. The van der Waals surface area contributed by atoms with Crippen LogP contribution in [-0.4, -0.2) is 26.3 Å². The highest BCUT2D eigenvalue weighted by Gasteiger charge is 2.07. The summed E-state index contributed by atoms with van der Waals surface area (Å²) in [7, 11) is 1.90. The molecule has 0 fully saturated rings. The third-order valence-electron chi connectivity index (χ3n) is 2.72. The molecule has 0 bridgehead atoms. The first-order valence-corrected chi connectivity index (χ1v) is 6.51. The van der Waals surface area contributed by atoms with Gasteiger partial charge in [0.15, 0.2) is 0 Å². The SMILES string of the molecule is CCNc1cc(Nc2cn(C)nc2C)nc(CC)n1. The Kier molecular flexibility index (Phi) is 3.99. The van der Waals surface area contributed by atoms with Gasteiger partial charge in [0.2, 0.25) is 0 Å². The molecule has 0 radical (unpaired) electrons. The van der Waals surface area contributed by atoms with Crippen LogP contribution in [0.5, 0.6) is 0 Å². The van der Waals surface area contributed by atoms with Crippen LogP contribution in [0, 0.1) is 6.92 Å². The molecular weight excluding hydrogens is 240 g/mol. The molecule has 0 unspecified atom stereocenters. The van der Waals surface area contributed by atoms with Gasteiger partial charge >= 0.3 is 0 Å². The van der Waals surface area contributed by atoms with E-state index in [4.69, 9.17) is 0 Å². The summed E-state index contributed by atoms with van der Waals surface area (Å²) in [5, 5.41) is 10.8. The second kappa shape index (κ2) is 5.69. The normalized spacial score (nSPS) is 10.5. The van der Waals surface area contributed by atoms with E-state index in [0.717, 1.165) is 41.8 Å². The molecule has 2 N–H and O–H groups in total. The molecular formula is C13H20N6. The lowest BCUT2D eigenvalue weighted by Crippen LogP contribution is -2.05. The summed E-state index contributed by atoms with van der Waals surface area (Å²) in [5.74, 6) is 2.46. The van der Waals surface area contributed by atoms with Gasteiger partial charge in [0.1, 0.15) is 17.5 Å². The van der Waals surface area contributed by atoms with Crippen molar-refractivity contribution < 1.29 is 0 Å². The van der Waals surface area contributed by atoms with Crippen molar-refractivity contribution in [2.45, 2.75) is 27.2 Å². The molecule has 0 atom stereocenters. The summed E-state index contributed by atoms with van der Waals surface area (Å²) in [5.41, 5.74) is 1.91. The Labute approximate surface area is 113 Å². The van der Waals surface area contributed by atoms with Crippen molar-refractivity contribution in [2.24, 2.45) is 7.05 Å². The third kappa shape index (κ3) is 3.21. The molecule has 6 heteroatoms. The van der Waals surface area contributed by atoms with Crippen LogP contribution < -0.4 is 10.6 Å². The zero-order chi connectivity index (χ0) is 13.8. The Bertz CT molecular complexity index is 560. The fraction of sp³-hybridized carbons (Fsp3) is 0.462. The lowest BCUT2D eigenvalue weighted by molar-refractivity contribution is 0.756. The van der Waals surface area contributed by atoms with Crippen LogP contribution >= 0.6 is 0 Å².